The normalized spacial score (nSPS) is 20.2. The van der Waals surface area contributed by atoms with E-state index in [1.54, 1.807) is 13.2 Å². The molecule has 1 saturated heterocycles. The first-order valence-electron chi connectivity index (χ1n) is 5.78. The van der Waals surface area contributed by atoms with E-state index in [0.29, 0.717) is 6.54 Å². The predicted octanol–water partition coefficient (Wildman–Crippen LogP) is 1.95. The minimum atomic E-state index is -0.778. The molecule has 1 unspecified atom stereocenters. The van der Waals surface area contributed by atoms with Crippen LogP contribution in [-0.2, 0) is 11.3 Å². The molecule has 0 spiro atoms. The van der Waals surface area contributed by atoms with Crippen molar-refractivity contribution in [2.75, 3.05) is 20.2 Å². The Bertz CT molecular complexity index is 453. The van der Waals surface area contributed by atoms with Crippen LogP contribution < -0.4 is 0 Å². The maximum Gasteiger partial charge on any atom is 0.304 e. The number of rotatable bonds is 4. The van der Waals surface area contributed by atoms with Gasteiger partial charge in [-0.1, -0.05) is 6.07 Å². The van der Waals surface area contributed by atoms with Crippen LogP contribution in [0.2, 0.25) is 0 Å². The van der Waals surface area contributed by atoms with Gasteiger partial charge in [-0.2, -0.15) is 4.39 Å². The van der Waals surface area contributed by atoms with Gasteiger partial charge in [0.2, 0.25) is 5.82 Å². The van der Waals surface area contributed by atoms with Crippen molar-refractivity contribution in [3.05, 3.63) is 39.7 Å². The first-order chi connectivity index (χ1) is 8.60. The lowest BCUT2D eigenvalue weighted by Gasteiger charge is -2.15. The number of benzene rings is 1. The standard InChI is InChI=1S/C12H15FN2O3/c1-18-10-4-5-14(8-10)7-9-2-3-12(15(16)17)11(13)6-9/h2-3,6,10H,4-5,7-8H2,1H3. The molecule has 0 radical (unpaired) electrons. The quantitative estimate of drug-likeness (QED) is 0.608. The third-order valence-electron chi connectivity index (χ3n) is 3.18. The van der Waals surface area contributed by atoms with Crippen molar-refractivity contribution in [3.8, 4) is 0 Å². The fourth-order valence-electron chi connectivity index (χ4n) is 2.19. The largest absolute Gasteiger partial charge is 0.380 e. The minimum absolute atomic E-state index is 0.230. The Morgan fingerprint density at radius 1 is 1.61 bits per heavy atom. The number of hydrogen-bond donors (Lipinski definition) is 0. The molecular formula is C12H15FN2O3. The molecule has 0 N–H and O–H groups in total. The Morgan fingerprint density at radius 2 is 2.39 bits per heavy atom. The molecule has 1 aromatic carbocycles. The second kappa shape index (κ2) is 5.41. The highest BCUT2D eigenvalue weighted by atomic mass is 19.1. The summed E-state index contributed by atoms with van der Waals surface area (Å²) in [6, 6.07) is 4.05. The van der Waals surface area contributed by atoms with E-state index in [-0.39, 0.29) is 6.10 Å². The molecule has 18 heavy (non-hydrogen) atoms. The number of halogens is 1. The monoisotopic (exact) mass is 254 g/mol. The molecule has 0 amide bonds. The van der Waals surface area contributed by atoms with Crippen LogP contribution in [-0.4, -0.2) is 36.1 Å². The topological polar surface area (TPSA) is 55.6 Å². The van der Waals surface area contributed by atoms with E-state index in [1.807, 2.05) is 0 Å². The maximum absolute atomic E-state index is 13.4. The van der Waals surface area contributed by atoms with Crippen LogP contribution in [0.25, 0.3) is 0 Å². The van der Waals surface area contributed by atoms with Gasteiger partial charge in [-0.15, -0.1) is 0 Å². The molecule has 6 heteroatoms. The van der Waals surface area contributed by atoms with Gasteiger partial charge in [0.25, 0.3) is 0 Å². The van der Waals surface area contributed by atoms with E-state index in [4.69, 9.17) is 4.74 Å². The molecule has 0 saturated carbocycles. The van der Waals surface area contributed by atoms with E-state index in [2.05, 4.69) is 4.90 Å². The molecule has 1 atom stereocenters. The summed E-state index contributed by atoms with van der Waals surface area (Å²) in [6.07, 6.45) is 1.19. The maximum atomic E-state index is 13.4. The molecule has 0 bridgehead atoms. The number of hydrogen-bond acceptors (Lipinski definition) is 4. The van der Waals surface area contributed by atoms with Gasteiger partial charge < -0.3 is 4.74 Å². The Kier molecular flexibility index (Phi) is 3.88. The van der Waals surface area contributed by atoms with Gasteiger partial charge in [-0.05, 0) is 18.1 Å². The average molecular weight is 254 g/mol. The smallest absolute Gasteiger partial charge is 0.304 e. The minimum Gasteiger partial charge on any atom is -0.380 e. The number of likely N-dealkylation sites (tertiary alicyclic amines) is 1. The molecule has 1 heterocycles. The van der Waals surface area contributed by atoms with Crippen molar-refractivity contribution >= 4 is 5.69 Å². The predicted molar refractivity (Wildman–Crippen MR) is 63.7 cm³/mol. The van der Waals surface area contributed by atoms with E-state index in [1.165, 1.54) is 12.1 Å². The van der Waals surface area contributed by atoms with Crippen molar-refractivity contribution in [2.24, 2.45) is 0 Å². The molecule has 0 aliphatic carbocycles. The van der Waals surface area contributed by atoms with E-state index in [0.717, 1.165) is 25.1 Å². The first kappa shape index (κ1) is 12.9. The highest BCUT2D eigenvalue weighted by Gasteiger charge is 2.22. The lowest BCUT2D eigenvalue weighted by molar-refractivity contribution is -0.387. The van der Waals surface area contributed by atoms with Gasteiger partial charge in [-0.3, -0.25) is 15.0 Å². The summed E-state index contributed by atoms with van der Waals surface area (Å²) < 4.78 is 18.7. The summed E-state index contributed by atoms with van der Waals surface area (Å²) in [4.78, 5) is 11.9. The molecule has 1 aromatic rings. The van der Waals surface area contributed by atoms with Gasteiger partial charge in [0.15, 0.2) is 0 Å². The summed E-state index contributed by atoms with van der Waals surface area (Å²) in [6.45, 7) is 2.31. The third-order valence-corrected chi connectivity index (χ3v) is 3.18. The summed E-state index contributed by atoms with van der Waals surface area (Å²) >= 11 is 0. The second-order valence-electron chi connectivity index (χ2n) is 4.42. The van der Waals surface area contributed by atoms with Crippen LogP contribution in [0.4, 0.5) is 10.1 Å². The van der Waals surface area contributed by atoms with E-state index >= 15 is 0 Å². The molecule has 98 valence electrons. The molecule has 1 fully saturated rings. The van der Waals surface area contributed by atoms with E-state index < -0.39 is 16.4 Å². The van der Waals surface area contributed by atoms with Crippen LogP contribution in [0.3, 0.4) is 0 Å². The number of nitrogens with zero attached hydrogens (tertiary/aromatic N) is 2. The Labute approximate surface area is 104 Å². The van der Waals surface area contributed by atoms with Crippen LogP contribution in [0, 0.1) is 15.9 Å². The zero-order valence-electron chi connectivity index (χ0n) is 10.1. The number of nitro groups is 1. The fraction of sp³-hybridized carbons (Fsp3) is 0.500. The third kappa shape index (κ3) is 2.83. The van der Waals surface area contributed by atoms with Crippen LogP contribution in [0.15, 0.2) is 18.2 Å². The van der Waals surface area contributed by atoms with Gasteiger partial charge >= 0.3 is 5.69 Å². The number of methoxy groups -OCH3 is 1. The summed E-state index contributed by atoms with van der Waals surface area (Å²) in [5, 5.41) is 10.5. The zero-order valence-corrected chi connectivity index (χ0v) is 10.1. The molecule has 2 rings (SSSR count). The molecule has 5 nitrogen and oxygen atoms in total. The second-order valence-corrected chi connectivity index (χ2v) is 4.42. The fourth-order valence-corrected chi connectivity index (χ4v) is 2.19. The SMILES string of the molecule is COC1CCN(Cc2ccc([N+](=O)[O-])c(F)c2)C1. The van der Waals surface area contributed by atoms with E-state index in [9.17, 15) is 14.5 Å². The van der Waals surface area contributed by atoms with Gasteiger partial charge in [0.1, 0.15) is 0 Å². The summed E-state index contributed by atoms with van der Waals surface area (Å²) in [5.41, 5.74) is 0.268. The van der Waals surface area contributed by atoms with Crippen LogP contribution in [0.5, 0.6) is 0 Å². The number of nitro benzene ring substituents is 1. The summed E-state index contributed by atoms with van der Waals surface area (Å²) in [7, 11) is 1.68. The van der Waals surface area contributed by atoms with Gasteiger partial charge in [-0.25, -0.2) is 0 Å². The lowest BCUT2D eigenvalue weighted by Crippen LogP contribution is -2.22. The van der Waals surface area contributed by atoms with Gasteiger partial charge in [0.05, 0.1) is 11.0 Å². The van der Waals surface area contributed by atoms with Crippen LogP contribution in [0.1, 0.15) is 12.0 Å². The molecule has 1 aliphatic rings. The first-order valence-corrected chi connectivity index (χ1v) is 5.78. The van der Waals surface area contributed by atoms with Crippen molar-refractivity contribution < 1.29 is 14.1 Å². The van der Waals surface area contributed by atoms with Crippen LogP contribution >= 0.6 is 0 Å². The Balaban J connectivity index is 2.02. The average Bonchev–Trinajstić information content (AvgIpc) is 2.76. The Morgan fingerprint density at radius 3 is 2.94 bits per heavy atom. The van der Waals surface area contributed by atoms with Crippen molar-refractivity contribution in [3.63, 3.8) is 0 Å². The van der Waals surface area contributed by atoms with Crippen molar-refractivity contribution in [2.45, 2.75) is 19.1 Å². The highest BCUT2D eigenvalue weighted by Crippen LogP contribution is 2.20. The highest BCUT2D eigenvalue weighted by molar-refractivity contribution is 5.35. The summed E-state index contributed by atoms with van der Waals surface area (Å²) in [5.74, 6) is -0.778. The van der Waals surface area contributed by atoms with Crippen molar-refractivity contribution in [1.82, 2.24) is 4.90 Å². The van der Waals surface area contributed by atoms with Crippen molar-refractivity contribution in [1.29, 1.82) is 0 Å². The molecular weight excluding hydrogens is 239 g/mol. The lowest BCUT2D eigenvalue weighted by atomic mass is 10.2. The molecule has 0 aromatic heterocycles. The zero-order chi connectivity index (χ0) is 13.1. The number of ether oxygens (including phenoxy) is 1. The molecule has 1 aliphatic heterocycles. The Hall–Kier alpha value is -1.53. The van der Waals surface area contributed by atoms with Gasteiger partial charge in [0, 0.05) is 32.8 Å².